The topological polar surface area (TPSA) is 90.4 Å². The molecular formula is C14H17N3O3. The van der Waals surface area contributed by atoms with Crippen LogP contribution >= 0.6 is 0 Å². The van der Waals surface area contributed by atoms with Crippen molar-refractivity contribution in [2.75, 3.05) is 12.8 Å². The van der Waals surface area contributed by atoms with Gasteiger partial charge in [0.15, 0.2) is 11.5 Å². The van der Waals surface area contributed by atoms with Gasteiger partial charge in [0, 0.05) is 25.4 Å². The first-order chi connectivity index (χ1) is 9.61. The standard InChI is InChI=1S/C14H17N3O3/c1-9-10(4-3-5-12(9)15)7-16-14(18)13-6-11(8-19-2)20-17-13/h3-6H,7-8,15H2,1-2H3,(H,16,18). The van der Waals surface area contributed by atoms with Gasteiger partial charge < -0.3 is 20.3 Å². The molecule has 106 valence electrons. The van der Waals surface area contributed by atoms with Crippen LogP contribution in [-0.2, 0) is 17.9 Å². The Morgan fingerprint density at radius 2 is 2.30 bits per heavy atom. The summed E-state index contributed by atoms with van der Waals surface area (Å²) in [5, 5.41) is 6.48. The number of carbonyl (C=O) groups is 1. The Bertz CT molecular complexity index is 607. The monoisotopic (exact) mass is 275 g/mol. The highest BCUT2D eigenvalue weighted by Gasteiger charge is 2.12. The maximum absolute atomic E-state index is 11.9. The molecule has 2 aromatic rings. The Morgan fingerprint density at radius 3 is 3.05 bits per heavy atom. The summed E-state index contributed by atoms with van der Waals surface area (Å²) < 4.78 is 9.87. The Kier molecular flexibility index (Phi) is 4.37. The smallest absolute Gasteiger partial charge is 0.273 e. The maximum Gasteiger partial charge on any atom is 0.273 e. The highest BCUT2D eigenvalue weighted by atomic mass is 16.5. The number of carbonyl (C=O) groups excluding carboxylic acids is 1. The summed E-state index contributed by atoms with van der Waals surface area (Å²) in [7, 11) is 1.55. The molecule has 0 bridgehead atoms. The van der Waals surface area contributed by atoms with Gasteiger partial charge in [-0.1, -0.05) is 17.3 Å². The van der Waals surface area contributed by atoms with Crippen molar-refractivity contribution >= 4 is 11.6 Å². The Labute approximate surface area is 116 Å². The Hall–Kier alpha value is -2.34. The molecular weight excluding hydrogens is 258 g/mol. The van der Waals surface area contributed by atoms with Gasteiger partial charge in [-0.2, -0.15) is 0 Å². The van der Waals surface area contributed by atoms with Crippen LogP contribution in [0.4, 0.5) is 5.69 Å². The number of nitrogens with zero attached hydrogens (tertiary/aromatic N) is 1. The molecule has 1 aromatic carbocycles. The summed E-state index contributed by atoms with van der Waals surface area (Å²) in [6.07, 6.45) is 0. The summed E-state index contributed by atoms with van der Waals surface area (Å²) in [5.41, 5.74) is 8.70. The molecule has 0 atom stereocenters. The predicted molar refractivity (Wildman–Crippen MR) is 74.0 cm³/mol. The SMILES string of the molecule is COCc1cc(C(=O)NCc2cccc(N)c2C)no1. The second-order valence-corrected chi connectivity index (χ2v) is 4.43. The van der Waals surface area contributed by atoms with E-state index in [4.69, 9.17) is 15.0 Å². The van der Waals surface area contributed by atoms with Gasteiger partial charge in [-0.25, -0.2) is 0 Å². The molecule has 20 heavy (non-hydrogen) atoms. The zero-order chi connectivity index (χ0) is 14.5. The van der Waals surface area contributed by atoms with Crippen LogP contribution in [0, 0.1) is 6.92 Å². The van der Waals surface area contributed by atoms with Gasteiger partial charge in [0.05, 0.1) is 0 Å². The lowest BCUT2D eigenvalue weighted by Gasteiger charge is -2.08. The van der Waals surface area contributed by atoms with E-state index in [9.17, 15) is 4.79 Å². The lowest BCUT2D eigenvalue weighted by atomic mass is 10.1. The number of anilines is 1. The fraction of sp³-hybridized carbons (Fsp3) is 0.286. The lowest BCUT2D eigenvalue weighted by Crippen LogP contribution is -2.23. The summed E-state index contributed by atoms with van der Waals surface area (Å²) in [5.74, 6) is 0.218. The van der Waals surface area contributed by atoms with Crippen LogP contribution in [-0.4, -0.2) is 18.2 Å². The van der Waals surface area contributed by atoms with Gasteiger partial charge >= 0.3 is 0 Å². The van der Waals surface area contributed by atoms with Crippen LogP contribution in [0.15, 0.2) is 28.8 Å². The van der Waals surface area contributed by atoms with Gasteiger partial charge in [-0.3, -0.25) is 4.79 Å². The van der Waals surface area contributed by atoms with E-state index in [0.29, 0.717) is 18.0 Å². The molecule has 1 aromatic heterocycles. The van der Waals surface area contributed by atoms with Gasteiger partial charge in [0.25, 0.3) is 5.91 Å². The van der Waals surface area contributed by atoms with Crippen LogP contribution in [0.3, 0.4) is 0 Å². The molecule has 3 N–H and O–H groups in total. The van der Waals surface area contributed by atoms with Crippen LogP contribution in [0.1, 0.15) is 27.4 Å². The maximum atomic E-state index is 11.9. The molecule has 0 saturated carbocycles. The third-order valence-corrected chi connectivity index (χ3v) is 3.01. The lowest BCUT2D eigenvalue weighted by molar-refractivity contribution is 0.0941. The van der Waals surface area contributed by atoms with Crippen molar-refractivity contribution in [2.45, 2.75) is 20.1 Å². The van der Waals surface area contributed by atoms with Gasteiger partial charge in [0.1, 0.15) is 6.61 Å². The molecule has 2 rings (SSSR count). The minimum absolute atomic E-state index is 0.235. The first-order valence-corrected chi connectivity index (χ1v) is 6.18. The first kappa shape index (κ1) is 14.1. The minimum Gasteiger partial charge on any atom is -0.399 e. The second-order valence-electron chi connectivity index (χ2n) is 4.43. The van der Waals surface area contributed by atoms with Crippen molar-refractivity contribution in [1.29, 1.82) is 0 Å². The van der Waals surface area contributed by atoms with E-state index in [1.54, 1.807) is 13.2 Å². The van der Waals surface area contributed by atoms with Crippen molar-refractivity contribution in [3.8, 4) is 0 Å². The third kappa shape index (κ3) is 3.16. The summed E-state index contributed by atoms with van der Waals surface area (Å²) >= 11 is 0. The number of ether oxygens (including phenoxy) is 1. The van der Waals surface area contributed by atoms with Crippen LogP contribution in [0.2, 0.25) is 0 Å². The number of hydrogen-bond acceptors (Lipinski definition) is 5. The molecule has 0 unspecified atom stereocenters. The molecule has 0 spiro atoms. The molecule has 1 heterocycles. The van der Waals surface area contributed by atoms with E-state index >= 15 is 0 Å². The number of nitrogens with one attached hydrogen (secondary N) is 1. The van der Waals surface area contributed by atoms with Crippen molar-refractivity contribution in [2.24, 2.45) is 0 Å². The van der Waals surface area contributed by atoms with E-state index in [1.165, 1.54) is 0 Å². The van der Waals surface area contributed by atoms with Crippen molar-refractivity contribution in [1.82, 2.24) is 10.5 Å². The number of nitrogen functional groups attached to an aromatic ring is 1. The number of methoxy groups -OCH3 is 1. The molecule has 6 heteroatoms. The molecule has 6 nitrogen and oxygen atoms in total. The summed E-state index contributed by atoms with van der Waals surface area (Å²) in [4.78, 5) is 11.9. The predicted octanol–water partition coefficient (Wildman–Crippen LogP) is 1.64. The number of aromatic nitrogens is 1. The third-order valence-electron chi connectivity index (χ3n) is 3.01. The highest BCUT2D eigenvalue weighted by molar-refractivity contribution is 5.92. The average molecular weight is 275 g/mol. The van der Waals surface area contributed by atoms with Gasteiger partial charge in [0.2, 0.25) is 0 Å². The van der Waals surface area contributed by atoms with E-state index in [2.05, 4.69) is 10.5 Å². The van der Waals surface area contributed by atoms with Gasteiger partial charge in [-0.05, 0) is 24.1 Å². The Morgan fingerprint density at radius 1 is 1.50 bits per heavy atom. The minimum atomic E-state index is -0.294. The van der Waals surface area contributed by atoms with E-state index in [1.807, 2.05) is 25.1 Å². The zero-order valence-electron chi connectivity index (χ0n) is 11.5. The number of nitrogens with two attached hydrogens (primary N) is 1. The molecule has 1 amide bonds. The van der Waals surface area contributed by atoms with E-state index < -0.39 is 0 Å². The van der Waals surface area contributed by atoms with Crippen molar-refractivity contribution < 1.29 is 14.1 Å². The molecule has 0 aliphatic carbocycles. The number of hydrogen-bond donors (Lipinski definition) is 2. The fourth-order valence-electron chi connectivity index (χ4n) is 1.79. The molecule has 0 aliphatic rings. The molecule has 0 aliphatic heterocycles. The normalized spacial score (nSPS) is 10.5. The molecule has 0 fully saturated rings. The average Bonchev–Trinajstić information content (AvgIpc) is 2.89. The first-order valence-electron chi connectivity index (χ1n) is 6.18. The summed E-state index contributed by atoms with van der Waals surface area (Å²) in [6.45, 7) is 2.60. The van der Waals surface area contributed by atoms with Crippen LogP contribution in [0.5, 0.6) is 0 Å². The Balaban J connectivity index is 1.99. The van der Waals surface area contributed by atoms with E-state index in [-0.39, 0.29) is 18.2 Å². The number of amides is 1. The van der Waals surface area contributed by atoms with Crippen molar-refractivity contribution in [3.05, 3.63) is 46.8 Å². The molecule has 0 saturated heterocycles. The van der Waals surface area contributed by atoms with E-state index in [0.717, 1.165) is 11.1 Å². The molecule has 0 radical (unpaired) electrons. The quantitative estimate of drug-likeness (QED) is 0.809. The second kappa shape index (κ2) is 6.21. The number of benzene rings is 1. The highest BCUT2D eigenvalue weighted by Crippen LogP contribution is 2.15. The van der Waals surface area contributed by atoms with Crippen molar-refractivity contribution in [3.63, 3.8) is 0 Å². The largest absolute Gasteiger partial charge is 0.399 e. The number of rotatable bonds is 5. The van der Waals surface area contributed by atoms with Crippen LogP contribution in [0.25, 0.3) is 0 Å². The fourth-order valence-corrected chi connectivity index (χ4v) is 1.79. The summed E-state index contributed by atoms with van der Waals surface area (Å²) in [6, 6.07) is 7.17. The van der Waals surface area contributed by atoms with Gasteiger partial charge in [-0.15, -0.1) is 0 Å². The van der Waals surface area contributed by atoms with Crippen LogP contribution < -0.4 is 11.1 Å². The zero-order valence-corrected chi connectivity index (χ0v) is 11.5.